The topological polar surface area (TPSA) is 69.9 Å². The van der Waals surface area contributed by atoms with Gasteiger partial charge in [-0.1, -0.05) is 26.2 Å². The van der Waals surface area contributed by atoms with Gasteiger partial charge in [-0.05, 0) is 37.8 Å². The molecule has 3 rings (SSSR count). The van der Waals surface area contributed by atoms with Gasteiger partial charge in [0.05, 0.1) is 6.26 Å². The van der Waals surface area contributed by atoms with Gasteiger partial charge in [-0.2, -0.15) is 0 Å². The summed E-state index contributed by atoms with van der Waals surface area (Å²) in [6, 6.07) is 4.19. The Morgan fingerprint density at radius 1 is 1.32 bits per heavy atom. The molecule has 1 saturated carbocycles. The second-order valence-corrected chi connectivity index (χ2v) is 7.74. The fraction of sp³-hybridized carbons (Fsp3) is 0.714. The molecular weight excluding hydrogens is 467 g/mol. The Balaban J connectivity index is 0.00000280. The number of unbranched alkanes of at least 4 members (excludes halogenated alkanes) is 1. The molecule has 1 aromatic heterocycles. The number of amides is 1. The van der Waals surface area contributed by atoms with E-state index in [4.69, 9.17) is 9.41 Å². The average Bonchev–Trinajstić information content (AvgIpc) is 3.43. The molecule has 1 aliphatic carbocycles. The monoisotopic (exact) mass is 502 g/mol. The summed E-state index contributed by atoms with van der Waals surface area (Å²) in [6.45, 7) is 5.44. The van der Waals surface area contributed by atoms with E-state index >= 15 is 0 Å². The molecule has 158 valence electrons. The van der Waals surface area contributed by atoms with Crippen molar-refractivity contribution < 1.29 is 9.21 Å². The molecule has 1 aromatic rings. The maximum atomic E-state index is 12.6. The molecule has 2 N–H and O–H groups in total. The standard InChI is InChI=1S/C21H34N4O2.HI/c1-2-3-12-22-21(23-13-10-19-9-6-15-27-19)24-18-11-14-25(16-18)20(26)17-7-4-5-8-17;/h6,9,15,17-18H,2-5,7-8,10-14,16H2,1H3,(H2,22,23,24);1H. The Labute approximate surface area is 185 Å². The van der Waals surface area contributed by atoms with Gasteiger partial charge in [0.25, 0.3) is 0 Å². The van der Waals surface area contributed by atoms with Crippen LogP contribution in [-0.4, -0.2) is 49.0 Å². The number of hydrogen-bond acceptors (Lipinski definition) is 3. The Kier molecular flexibility index (Phi) is 10.2. The Bertz CT molecular complexity index is 600. The first-order chi connectivity index (χ1) is 13.3. The molecule has 0 bridgehead atoms. The first-order valence-corrected chi connectivity index (χ1v) is 10.6. The molecule has 0 radical (unpaired) electrons. The molecule has 0 aromatic carbocycles. The van der Waals surface area contributed by atoms with E-state index < -0.39 is 0 Å². The number of nitrogens with one attached hydrogen (secondary N) is 2. The molecule has 2 aliphatic rings. The van der Waals surface area contributed by atoms with Crippen LogP contribution in [0.5, 0.6) is 0 Å². The van der Waals surface area contributed by atoms with Gasteiger partial charge in [0.1, 0.15) is 5.76 Å². The van der Waals surface area contributed by atoms with Gasteiger partial charge in [-0.25, -0.2) is 0 Å². The van der Waals surface area contributed by atoms with Crippen LogP contribution in [0.1, 0.15) is 57.6 Å². The van der Waals surface area contributed by atoms with Crippen molar-refractivity contribution in [3.63, 3.8) is 0 Å². The first-order valence-electron chi connectivity index (χ1n) is 10.6. The van der Waals surface area contributed by atoms with Crippen molar-refractivity contribution in [2.45, 2.75) is 64.3 Å². The Morgan fingerprint density at radius 3 is 2.86 bits per heavy atom. The number of carbonyl (C=O) groups excluding carboxylic acids is 1. The van der Waals surface area contributed by atoms with Crippen molar-refractivity contribution in [3.05, 3.63) is 24.2 Å². The number of aliphatic imine (C=N–C) groups is 1. The zero-order valence-electron chi connectivity index (χ0n) is 17.0. The SMILES string of the molecule is CCCCN=C(NCCc1ccco1)NC1CCN(C(=O)C2CCCC2)C1.I. The van der Waals surface area contributed by atoms with E-state index in [1.165, 1.54) is 12.8 Å². The van der Waals surface area contributed by atoms with Gasteiger partial charge < -0.3 is 20.0 Å². The molecule has 1 amide bonds. The maximum absolute atomic E-state index is 12.6. The van der Waals surface area contributed by atoms with Crippen LogP contribution in [0, 0.1) is 5.92 Å². The lowest BCUT2D eigenvalue weighted by atomic mass is 10.1. The predicted molar refractivity (Wildman–Crippen MR) is 123 cm³/mol. The highest BCUT2D eigenvalue weighted by Gasteiger charge is 2.32. The molecule has 0 spiro atoms. The van der Waals surface area contributed by atoms with Crippen LogP contribution in [0.25, 0.3) is 0 Å². The summed E-state index contributed by atoms with van der Waals surface area (Å²) in [4.78, 5) is 19.4. The quantitative estimate of drug-likeness (QED) is 0.247. The first kappa shape index (κ1) is 23.0. The lowest BCUT2D eigenvalue weighted by molar-refractivity contribution is -0.134. The fourth-order valence-electron chi connectivity index (χ4n) is 3.96. The van der Waals surface area contributed by atoms with E-state index in [2.05, 4.69) is 22.5 Å². The average molecular weight is 502 g/mol. The van der Waals surface area contributed by atoms with Crippen molar-refractivity contribution >= 4 is 35.8 Å². The number of furan rings is 1. The lowest BCUT2D eigenvalue weighted by Crippen LogP contribution is -2.46. The highest BCUT2D eigenvalue weighted by molar-refractivity contribution is 14.0. The number of rotatable bonds is 8. The van der Waals surface area contributed by atoms with E-state index in [-0.39, 0.29) is 35.9 Å². The van der Waals surface area contributed by atoms with Crippen LogP contribution in [0.15, 0.2) is 27.8 Å². The van der Waals surface area contributed by atoms with Crippen molar-refractivity contribution in [2.75, 3.05) is 26.2 Å². The minimum atomic E-state index is 0. The summed E-state index contributed by atoms with van der Waals surface area (Å²) < 4.78 is 5.39. The van der Waals surface area contributed by atoms with Crippen LogP contribution >= 0.6 is 24.0 Å². The van der Waals surface area contributed by atoms with Gasteiger partial charge in [-0.3, -0.25) is 9.79 Å². The van der Waals surface area contributed by atoms with Crippen LogP contribution in [0.2, 0.25) is 0 Å². The number of carbonyl (C=O) groups is 1. The van der Waals surface area contributed by atoms with Crippen molar-refractivity contribution in [1.29, 1.82) is 0 Å². The number of halogens is 1. The third-order valence-electron chi connectivity index (χ3n) is 5.57. The zero-order chi connectivity index (χ0) is 18.9. The molecule has 1 atom stereocenters. The zero-order valence-corrected chi connectivity index (χ0v) is 19.3. The Hall–Kier alpha value is -1.25. The summed E-state index contributed by atoms with van der Waals surface area (Å²) in [5.41, 5.74) is 0. The van der Waals surface area contributed by atoms with Crippen molar-refractivity contribution in [2.24, 2.45) is 10.9 Å². The van der Waals surface area contributed by atoms with Crippen LogP contribution < -0.4 is 10.6 Å². The second-order valence-electron chi connectivity index (χ2n) is 7.74. The van der Waals surface area contributed by atoms with E-state index in [0.29, 0.717) is 5.91 Å². The highest BCUT2D eigenvalue weighted by Crippen LogP contribution is 2.27. The molecule has 28 heavy (non-hydrogen) atoms. The van der Waals surface area contributed by atoms with Gasteiger partial charge in [0, 0.05) is 44.6 Å². The summed E-state index contributed by atoms with van der Waals surface area (Å²) in [6.07, 6.45) is 10.3. The van der Waals surface area contributed by atoms with Gasteiger partial charge >= 0.3 is 0 Å². The third-order valence-corrected chi connectivity index (χ3v) is 5.57. The number of guanidine groups is 1. The van der Waals surface area contributed by atoms with E-state index in [1.807, 2.05) is 12.1 Å². The van der Waals surface area contributed by atoms with E-state index in [1.54, 1.807) is 6.26 Å². The smallest absolute Gasteiger partial charge is 0.225 e. The summed E-state index contributed by atoms with van der Waals surface area (Å²) in [7, 11) is 0. The van der Waals surface area contributed by atoms with E-state index in [0.717, 1.165) is 76.4 Å². The van der Waals surface area contributed by atoms with Crippen LogP contribution in [0.3, 0.4) is 0 Å². The molecule has 1 saturated heterocycles. The number of likely N-dealkylation sites (tertiary alicyclic amines) is 1. The molecule has 2 heterocycles. The summed E-state index contributed by atoms with van der Waals surface area (Å²) >= 11 is 0. The van der Waals surface area contributed by atoms with Crippen molar-refractivity contribution in [1.82, 2.24) is 15.5 Å². The molecule has 7 heteroatoms. The molecule has 1 aliphatic heterocycles. The summed E-state index contributed by atoms with van der Waals surface area (Å²) in [5.74, 6) is 2.47. The maximum Gasteiger partial charge on any atom is 0.225 e. The van der Waals surface area contributed by atoms with Gasteiger partial charge in [0.2, 0.25) is 5.91 Å². The van der Waals surface area contributed by atoms with Crippen LogP contribution in [0.4, 0.5) is 0 Å². The number of hydrogen-bond donors (Lipinski definition) is 2. The normalized spacial score (nSPS) is 20.2. The predicted octanol–water partition coefficient (Wildman–Crippen LogP) is 3.57. The highest BCUT2D eigenvalue weighted by atomic mass is 127. The van der Waals surface area contributed by atoms with Crippen molar-refractivity contribution in [3.8, 4) is 0 Å². The minimum Gasteiger partial charge on any atom is -0.469 e. The largest absolute Gasteiger partial charge is 0.469 e. The van der Waals surface area contributed by atoms with Crippen LogP contribution in [-0.2, 0) is 11.2 Å². The van der Waals surface area contributed by atoms with Gasteiger partial charge in [-0.15, -0.1) is 24.0 Å². The molecular formula is C21H35IN4O2. The molecule has 6 nitrogen and oxygen atoms in total. The summed E-state index contributed by atoms with van der Waals surface area (Å²) in [5, 5.41) is 6.96. The van der Waals surface area contributed by atoms with E-state index in [9.17, 15) is 4.79 Å². The Morgan fingerprint density at radius 2 is 2.14 bits per heavy atom. The third kappa shape index (κ3) is 6.97. The minimum absolute atomic E-state index is 0. The van der Waals surface area contributed by atoms with Gasteiger partial charge in [0.15, 0.2) is 5.96 Å². The lowest BCUT2D eigenvalue weighted by Gasteiger charge is -2.21. The second kappa shape index (κ2) is 12.3. The fourth-order valence-corrected chi connectivity index (χ4v) is 3.96. The molecule has 1 unspecified atom stereocenters. The molecule has 2 fully saturated rings. The number of nitrogens with zero attached hydrogens (tertiary/aromatic N) is 2.